The second kappa shape index (κ2) is 6.37. The molecule has 1 aliphatic carbocycles. The summed E-state index contributed by atoms with van der Waals surface area (Å²) in [6, 6.07) is 1.91. The standard InChI is InChI=1S/C14H22N4O3S/c19-14(6-9-17-8-1-7-15-17)16-12-4-10-18(11-5-12)22(20,21)13-2-3-13/h1,7-8,12-13H,2-6,9-11H2,(H,16,19). The van der Waals surface area contributed by atoms with Crippen molar-refractivity contribution in [1.82, 2.24) is 19.4 Å². The zero-order valence-electron chi connectivity index (χ0n) is 12.5. The highest BCUT2D eigenvalue weighted by Crippen LogP contribution is 2.32. The second-order valence-electron chi connectivity index (χ2n) is 6.00. The number of carbonyl (C=O) groups excluding carboxylic acids is 1. The van der Waals surface area contributed by atoms with Crippen LogP contribution in [0, 0.1) is 0 Å². The third kappa shape index (κ3) is 3.67. The second-order valence-corrected chi connectivity index (χ2v) is 8.22. The summed E-state index contributed by atoms with van der Waals surface area (Å²) in [6.45, 7) is 1.60. The zero-order chi connectivity index (χ0) is 15.6. The van der Waals surface area contributed by atoms with Gasteiger partial charge < -0.3 is 5.32 Å². The monoisotopic (exact) mass is 326 g/mol. The molecule has 1 saturated heterocycles. The Bertz CT molecular complexity index is 602. The van der Waals surface area contributed by atoms with Crippen molar-refractivity contribution in [2.75, 3.05) is 13.1 Å². The SMILES string of the molecule is O=C(CCn1cccn1)NC1CCN(S(=O)(=O)C2CC2)CC1. The lowest BCUT2D eigenvalue weighted by molar-refractivity contribution is -0.122. The largest absolute Gasteiger partial charge is 0.353 e. The molecule has 0 unspecified atom stereocenters. The number of nitrogens with one attached hydrogen (secondary N) is 1. The van der Waals surface area contributed by atoms with Crippen molar-refractivity contribution in [2.24, 2.45) is 0 Å². The number of piperidine rings is 1. The molecular formula is C14H22N4O3S. The molecule has 1 aromatic rings. The number of nitrogens with zero attached hydrogens (tertiary/aromatic N) is 3. The van der Waals surface area contributed by atoms with Crippen molar-refractivity contribution in [3.8, 4) is 0 Å². The molecule has 1 aromatic heterocycles. The maximum absolute atomic E-state index is 12.1. The maximum atomic E-state index is 12.1. The molecule has 2 aliphatic rings. The van der Waals surface area contributed by atoms with E-state index in [1.165, 1.54) is 0 Å². The van der Waals surface area contributed by atoms with Crippen molar-refractivity contribution in [3.63, 3.8) is 0 Å². The molecule has 0 spiro atoms. The number of amides is 1. The van der Waals surface area contributed by atoms with E-state index >= 15 is 0 Å². The number of sulfonamides is 1. The summed E-state index contributed by atoms with van der Waals surface area (Å²) in [7, 11) is -3.07. The van der Waals surface area contributed by atoms with E-state index < -0.39 is 10.0 Å². The van der Waals surface area contributed by atoms with Gasteiger partial charge in [-0.05, 0) is 31.7 Å². The van der Waals surface area contributed by atoms with Gasteiger partial charge in [-0.2, -0.15) is 5.10 Å². The topological polar surface area (TPSA) is 84.3 Å². The number of hydrogen-bond donors (Lipinski definition) is 1. The number of rotatable bonds is 6. The number of aryl methyl sites for hydroxylation is 1. The minimum absolute atomic E-state index is 0.000926. The zero-order valence-corrected chi connectivity index (χ0v) is 13.3. The smallest absolute Gasteiger partial charge is 0.222 e. The van der Waals surface area contributed by atoms with Gasteiger partial charge in [0.15, 0.2) is 0 Å². The van der Waals surface area contributed by atoms with Gasteiger partial charge in [-0.1, -0.05) is 0 Å². The van der Waals surface area contributed by atoms with E-state index in [1.807, 2.05) is 12.3 Å². The van der Waals surface area contributed by atoms with E-state index in [0.29, 0.717) is 38.9 Å². The molecule has 0 radical (unpaired) electrons. The lowest BCUT2D eigenvalue weighted by Crippen LogP contribution is -2.47. The van der Waals surface area contributed by atoms with Crippen LogP contribution >= 0.6 is 0 Å². The predicted molar refractivity (Wildman–Crippen MR) is 81.5 cm³/mol. The van der Waals surface area contributed by atoms with Gasteiger partial charge in [-0.3, -0.25) is 9.48 Å². The van der Waals surface area contributed by atoms with Gasteiger partial charge in [0.05, 0.1) is 5.25 Å². The summed E-state index contributed by atoms with van der Waals surface area (Å²) in [5.41, 5.74) is 0. The Morgan fingerprint density at radius 2 is 1.95 bits per heavy atom. The van der Waals surface area contributed by atoms with E-state index in [2.05, 4.69) is 10.4 Å². The molecule has 0 bridgehead atoms. The molecule has 1 amide bonds. The molecule has 1 saturated carbocycles. The van der Waals surface area contributed by atoms with E-state index in [1.54, 1.807) is 15.2 Å². The third-order valence-corrected chi connectivity index (χ3v) is 6.65. The van der Waals surface area contributed by atoms with E-state index in [-0.39, 0.29) is 17.2 Å². The van der Waals surface area contributed by atoms with Gasteiger partial charge in [0, 0.05) is 44.5 Å². The first kappa shape index (κ1) is 15.5. The molecule has 2 heterocycles. The Kier molecular flexibility index (Phi) is 4.49. The Balaban J connectivity index is 1.41. The number of hydrogen-bond acceptors (Lipinski definition) is 4. The molecule has 1 N–H and O–H groups in total. The summed E-state index contributed by atoms with van der Waals surface area (Å²) >= 11 is 0. The van der Waals surface area contributed by atoms with Crippen molar-refractivity contribution < 1.29 is 13.2 Å². The van der Waals surface area contributed by atoms with E-state index in [4.69, 9.17) is 0 Å². The van der Waals surface area contributed by atoms with Gasteiger partial charge in [-0.15, -0.1) is 0 Å². The van der Waals surface area contributed by atoms with Gasteiger partial charge >= 0.3 is 0 Å². The fourth-order valence-corrected chi connectivity index (χ4v) is 4.65. The molecule has 2 fully saturated rings. The van der Waals surface area contributed by atoms with Crippen LogP contribution < -0.4 is 5.32 Å². The molecule has 1 aliphatic heterocycles. The Morgan fingerprint density at radius 1 is 1.23 bits per heavy atom. The van der Waals surface area contributed by atoms with Crippen LogP contribution in [-0.2, 0) is 21.4 Å². The maximum Gasteiger partial charge on any atom is 0.222 e. The van der Waals surface area contributed by atoms with Gasteiger partial charge in [0.25, 0.3) is 0 Å². The van der Waals surface area contributed by atoms with Crippen molar-refractivity contribution in [3.05, 3.63) is 18.5 Å². The summed E-state index contributed by atoms with van der Waals surface area (Å²) in [6.07, 6.45) is 6.89. The van der Waals surface area contributed by atoms with Crippen molar-refractivity contribution >= 4 is 15.9 Å². The van der Waals surface area contributed by atoms with Crippen LogP contribution in [0.4, 0.5) is 0 Å². The fourth-order valence-electron chi connectivity index (χ4n) is 2.78. The average molecular weight is 326 g/mol. The normalized spacial score (nSPS) is 20.9. The highest BCUT2D eigenvalue weighted by atomic mass is 32.2. The lowest BCUT2D eigenvalue weighted by atomic mass is 10.1. The molecule has 8 heteroatoms. The molecule has 0 aromatic carbocycles. The van der Waals surface area contributed by atoms with Crippen LogP contribution in [0.2, 0.25) is 0 Å². The van der Waals surface area contributed by atoms with Crippen LogP contribution in [0.15, 0.2) is 18.5 Å². The minimum Gasteiger partial charge on any atom is -0.353 e. The highest BCUT2D eigenvalue weighted by molar-refractivity contribution is 7.90. The average Bonchev–Trinajstić information content (AvgIpc) is 3.24. The molecular weight excluding hydrogens is 304 g/mol. The van der Waals surface area contributed by atoms with Crippen LogP contribution in [0.3, 0.4) is 0 Å². The Morgan fingerprint density at radius 3 is 2.55 bits per heavy atom. The molecule has 7 nitrogen and oxygen atoms in total. The van der Waals surface area contributed by atoms with Crippen LogP contribution in [0.1, 0.15) is 32.1 Å². The highest BCUT2D eigenvalue weighted by Gasteiger charge is 2.41. The van der Waals surface area contributed by atoms with Crippen LogP contribution in [0.5, 0.6) is 0 Å². The van der Waals surface area contributed by atoms with Crippen LogP contribution in [-0.4, -0.2) is 52.8 Å². The number of carbonyl (C=O) groups is 1. The first-order chi connectivity index (χ1) is 10.6. The summed E-state index contributed by atoms with van der Waals surface area (Å²) in [5.74, 6) is -0.000926. The fraction of sp³-hybridized carbons (Fsp3) is 0.714. The molecule has 22 heavy (non-hydrogen) atoms. The van der Waals surface area contributed by atoms with E-state index in [0.717, 1.165) is 12.8 Å². The molecule has 122 valence electrons. The Hall–Kier alpha value is -1.41. The molecule has 3 rings (SSSR count). The first-order valence-corrected chi connectivity index (χ1v) is 9.32. The summed E-state index contributed by atoms with van der Waals surface area (Å²) < 4.78 is 27.6. The van der Waals surface area contributed by atoms with Crippen LogP contribution in [0.25, 0.3) is 0 Å². The van der Waals surface area contributed by atoms with Crippen molar-refractivity contribution in [1.29, 1.82) is 0 Å². The van der Waals surface area contributed by atoms with Crippen molar-refractivity contribution in [2.45, 2.75) is 49.9 Å². The quantitative estimate of drug-likeness (QED) is 0.817. The lowest BCUT2D eigenvalue weighted by Gasteiger charge is -2.31. The first-order valence-electron chi connectivity index (χ1n) is 7.81. The summed E-state index contributed by atoms with van der Waals surface area (Å²) in [5, 5.41) is 6.91. The molecule has 0 atom stereocenters. The third-order valence-electron chi connectivity index (χ3n) is 4.25. The van der Waals surface area contributed by atoms with Gasteiger partial charge in [0.1, 0.15) is 0 Å². The Labute approximate surface area is 130 Å². The van der Waals surface area contributed by atoms with Gasteiger partial charge in [0.2, 0.25) is 15.9 Å². The van der Waals surface area contributed by atoms with E-state index in [9.17, 15) is 13.2 Å². The predicted octanol–water partition coefficient (Wildman–Crippen LogP) is 0.346. The van der Waals surface area contributed by atoms with Gasteiger partial charge in [-0.25, -0.2) is 12.7 Å². The number of aromatic nitrogens is 2. The summed E-state index contributed by atoms with van der Waals surface area (Å²) in [4.78, 5) is 11.9. The minimum atomic E-state index is -3.07.